The molecular weight excluding hydrogens is 196 g/mol. The molecule has 0 aliphatic rings. The van der Waals surface area contributed by atoms with Crippen LogP contribution in [0.1, 0.15) is 0 Å². The molecule has 1 atom stereocenters. The number of nitrogens with zero attached hydrogens (tertiary/aromatic N) is 1. The van der Waals surface area contributed by atoms with Crippen LogP contribution in [-0.2, 0) is 14.3 Å². The van der Waals surface area contributed by atoms with E-state index in [9.17, 15) is 0 Å². The summed E-state index contributed by atoms with van der Waals surface area (Å²) in [5.41, 5.74) is 2.84. The van der Waals surface area contributed by atoms with E-state index in [1.54, 1.807) is 21.3 Å². The highest BCUT2D eigenvalue weighted by Crippen LogP contribution is 2.02. The topological polar surface area (TPSA) is 39.7 Å². The fourth-order valence-electron chi connectivity index (χ4n) is 1.47. The fraction of sp³-hybridized carbons (Fsp3) is 1.00. The number of hydroxylamine groups is 1. The Labute approximate surface area is 92.8 Å². The quantitative estimate of drug-likeness (QED) is 0.335. The molecule has 0 bridgehead atoms. The molecule has 0 fully saturated rings. The maximum Gasteiger partial charge on any atom is 0.129 e. The maximum atomic E-state index is 5.34. The normalized spacial score (nSPS) is 14.2. The largest absolute Gasteiger partial charge is 0.382 e. The van der Waals surface area contributed by atoms with Crippen molar-refractivity contribution in [3.63, 3.8) is 0 Å². The third-order valence-electron chi connectivity index (χ3n) is 2.35. The van der Waals surface area contributed by atoms with Crippen molar-refractivity contribution in [1.82, 2.24) is 5.48 Å². The zero-order valence-electron chi connectivity index (χ0n) is 10.6. The second-order valence-corrected chi connectivity index (χ2v) is 4.25. The number of likely N-dealkylation sites (N-methyl/N-ethyl adjacent to an activating group) is 1. The zero-order valence-corrected chi connectivity index (χ0v) is 10.6. The van der Waals surface area contributed by atoms with Crippen LogP contribution in [0.4, 0.5) is 0 Å². The van der Waals surface area contributed by atoms with Crippen LogP contribution in [0.15, 0.2) is 0 Å². The van der Waals surface area contributed by atoms with E-state index in [-0.39, 0.29) is 6.10 Å². The predicted octanol–water partition coefficient (Wildman–Crippen LogP) is -0.125. The number of methoxy groups -OCH3 is 2. The van der Waals surface area contributed by atoms with Crippen LogP contribution in [-0.4, -0.2) is 72.3 Å². The van der Waals surface area contributed by atoms with Gasteiger partial charge in [0.2, 0.25) is 0 Å². The average molecular weight is 221 g/mol. The summed E-state index contributed by atoms with van der Waals surface area (Å²) in [4.78, 5) is 4.80. The molecule has 0 saturated heterocycles. The van der Waals surface area contributed by atoms with Gasteiger partial charge in [-0.25, -0.2) is 0 Å². The molecular formula is C10H25N2O3+. The van der Waals surface area contributed by atoms with Gasteiger partial charge < -0.3 is 18.8 Å². The van der Waals surface area contributed by atoms with Crippen molar-refractivity contribution < 1.29 is 18.8 Å². The van der Waals surface area contributed by atoms with Gasteiger partial charge >= 0.3 is 0 Å². The highest BCUT2D eigenvalue weighted by atomic mass is 16.6. The molecule has 0 spiro atoms. The Morgan fingerprint density at radius 1 is 1.20 bits per heavy atom. The second kappa shape index (κ2) is 8.01. The van der Waals surface area contributed by atoms with Gasteiger partial charge in [-0.15, -0.1) is 0 Å². The summed E-state index contributed by atoms with van der Waals surface area (Å²) < 4.78 is 11.3. The van der Waals surface area contributed by atoms with Gasteiger partial charge in [-0.2, -0.15) is 5.48 Å². The molecule has 0 aliphatic heterocycles. The number of ether oxygens (including phenoxy) is 2. The number of hydrogen-bond donors (Lipinski definition) is 1. The van der Waals surface area contributed by atoms with E-state index >= 15 is 0 Å². The molecule has 0 aromatic carbocycles. The van der Waals surface area contributed by atoms with Gasteiger partial charge in [0.1, 0.15) is 12.6 Å². The molecule has 0 aromatic rings. The summed E-state index contributed by atoms with van der Waals surface area (Å²) in [7, 11) is 9.37. The molecule has 1 unspecified atom stereocenters. The minimum atomic E-state index is 0.146. The van der Waals surface area contributed by atoms with Crippen molar-refractivity contribution in [3.05, 3.63) is 0 Å². The van der Waals surface area contributed by atoms with Crippen molar-refractivity contribution >= 4 is 0 Å². The van der Waals surface area contributed by atoms with Crippen LogP contribution in [0, 0.1) is 0 Å². The van der Waals surface area contributed by atoms with E-state index in [0.717, 1.165) is 24.1 Å². The first kappa shape index (κ1) is 14.8. The van der Waals surface area contributed by atoms with Gasteiger partial charge in [-0.1, -0.05) is 0 Å². The molecule has 15 heavy (non-hydrogen) atoms. The fourth-order valence-corrected chi connectivity index (χ4v) is 1.47. The van der Waals surface area contributed by atoms with E-state index in [4.69, 9.17) is 14.3 Å². The smallest absolute Gasteiger partial charge is 0.129 e. The second-order valence-electron chi connectivity index (χ2n) is 4.25. The van der Waals surface area contributed by atoms with Crippen molar-refractivity contribution in [2.24, 2.45) is 0 Å². The van der Waals surface area contributed by atoms with Gasteiger partial charge in [0.25, 0.3) is 0 Å². The number of rotatable bonds is 9. The highest BCUT2D eigenvalue weighted by Gasteiger charge is 2.21. The predicted molar refractivity (Wildman–Crippen MR) is 59.5 cm³/mol. The molecule has 0 aliphatic carbocycles. The lowest BCUT2D eigenvalue weighted by molar-refractivity contribution is -0.892. The van der Waals surface area contributed by atoms with E-state index in [1.165, 1.54) is 0 Å². The Kier molecular flexibility index (Phi) is 7.90. The minimum Gasteiger partial charge on any atom is -0.382 e. The number of hydrogen-bond acceptors (Lipinski definition) is 4. The van der Waals surface area contributed by atoms with E-state index in [1.807, 2.05) is 0 Å². The molecule has 0 saturated carbocycles. The first-order valence-corrected chi connectivity index (χ1v) is 5.15. The summed E-state index contributed by atoms with van der Waals surface area (Å²) in [5, 5.41) is 0. The van der Waals surface area contributed by atoms with Gasteiger partial charge in [0.15, 0.2) is 0 Å². The minimum absolute atomic E-state index is 0.146. The summed E-state index contributed by atoms with van der Waals surface area (Å²) >= 11 is 0. The van der Waals surface area contributed by atoms with Crippen LogP contribution in [0.2, 0.25) is 0 Å². The third kappa shape index (κ3) is 7.70. The van der Waals surface area contributed by atoms with E-state index in [0.29, 0.717) is 6.61 Å². The Morgan fingerprint density at radius 3 is 2.33 bits per heavy atom. The maximum absolute atomic E-state index is 5.34. The van der Waals surface area contributed by atoms with Crippen molar-refractivity contribution in [2.45, 2.75) is 6.10 Å². The van der Waals surface area contributed by atoms with Crippen molar-refractivity contribution in [1.29, 1.82) is 0 Å². The molecule has 1 N–H and O–H groups in total. The zero-order chi connectivity index (χ0) is 11.7. The highest BCUT2D eigenvalue weighted by molar-refractivity contribution is 4.54. The van der Waals surface area contributed by atoms with Crippen LogP contribution in [0.3, 0.4) is 0 Å². The molecule has 5 heteroatoms. The molecule has 0 amide bonds. The monoisotopic (exact) mass is 221 g/mol. The first-order valence-electron chi connectivity index (χ1n) is 5.15. The van der Waals surface area contributed by atoms with Gasteiger partial charge in [-0.05, 0) is 0 Å². The average Bonchev–Trinajstić information content (AvgIpc) is 2.17. The SMILES string of the molecule is COCC(C[N+](C)(C)CCNOC)OC. The van der Waals surface area contributed by atoms with E-state index in [2.05, 4.69) is 19.6 Å². The molecule has 0 aromatic heterocycles. The molecule has 0 rings (SSSR count). The molecule has 0 radical (unpaired) electrons. The molecule has 0 heterocycles. The molecule has 92 valence electrons. The standard InChI is InChI=1S/C10H25N2O3/c1-12(2,7-6-11-15-5)8-10(14-4)9-13-3/h10-11H,6-9H2,1-5H3/q+1. The van der Waals surface area contributed by atoms with Crippen molar-refractivity contribution in [3.8, 4) is 0 Å². The van der Waals surface area contributed by atoms with Gasteiger partial charge in [-0.3, -0.25) is 0 Å². The Balaban J connectivity index is 3.86. The van der Waals surface area contributed by atoms with Crippen LogP contribution in [0.25, 0.3) is 0 Å². The number of nitrogens with one attached hydrogen (secondary N) is 1. The summed E-state index contributed by atoms with van der Waals surface area (Å²) in [6.45, 7) is 3.37. The summed E-state index contributed by atoms with van der Waals surface area (Å²) in [5.74, 6) is 0. The van der Waals surface area contributed by atoms with Gasteiger partial charge in [0, 0.05) is 14.2 Å². The lowest BCUT2D eigenvalue weighted by Gasteiger charge is -2.32. The summed E-state index contributed by atoms with van der Waals surface area (Å²) in [6.07, 6.45) is 0.146. The molecule has 5 nitrogen and oxygen atoms in total. The Hall–Kier alpha value is -0.200. The van der Waals surface area contributed by atoms with Gasteiger partial charge in [0.05, 0.1) is 40.9 Å². The lowest BCUT2D eigenvalue weighted by Crippen LogP contribution is -2.50. The van der Waals surface area contributed by atoms with Crippen molar-refractivity contribution in [2.75, 3.05) is 61.7 Å². The van der Waals surface area contributed by atoms with E-state index < -0.39 is 0 Å². The Morgan fingerprint density at radius 2 is 1.87 bits per heavy atom. The van der Waals surface area contributed by atoms with Crippen LogP contribution >= 0.6 is 0 Å². The first-order chi connectivity index (χ1) is 7.05. The third-order valence-corrected chi connectivity index (χ3v) is 2.35. The van der Waals surface area contributed by atoms with Crippen LogP contribution in [0.5, 0.6) is 0 Å². The number of quaternary nitrogens is 1. The van der Waals surface area contributed by atoms with Crippen LogP contribution < -0.4 is 5.48 Å². The lowest BCUT2D eigenvalue weighted by atomic mass is 10.3. The Bertz CT molecular complexity index is 154. The summed E-state index contributed by atoms with van der Waals surface area (Å²) in [6, 6.07) is 0.